The molecule has 0 spiro atoms. The van der Waals surface area contributed by atoms with Gasteiger partial charge in [0.15, 0.2) is 0 Å². The quantitative estimate of drug-likeness (QED) is 0.539. The number of carbonyl (C=O) groups is 1. The Morgan fingerprint density at radius 3 is 2.91 bits per heavy atom. The summed E-state index contributed by atoms with van der Waals surface area (Å²) in [6, 6.07) is 10.2. The van der Waals surface area contributed by atoms with E-state index in [1.807, 2.05) is 6.92 Å². The predicted octanol–water partition coefficient (Wildman–Crippen LogP) is 2.88. The standard InChI is InChI=1S/C16H11ClN2O3/c1-10-5-6-12(17)13(8-10)22-16(21)11-9-18-14-4-2-3-7-19(14)15(11)20/h2-9H,1H3. The molecular formula is C16H11ClN2O3. The van der Waals surface area contributed by atoms with Crippen molar-refractivity contribution in [3.8, 4) is 5.75 Å². The Labute approximate surface area is 130 Å². The topological polar surface area (TPSA) is 60.7 Å². The summed E-state index contributed by atoms with van der Waals surface area (Å²) in [5.41, 5.74) is 0.707. The predicted molar refractivity (Wildman–Crippen MR) is 82.6 cm³/mol. The molecule has 0 saturated carbocycles. The molecule has 0 aliphatic heterocycles. The van der Waals surface area contributed by atoms with E-state index in [-0.39, 0.29) is 11.3 Å². The number of halogens is 1. The van der Waals surface area contributed by atoms with Crippen molar-refractivity contribution in [3.63, 3.8) is 0 Å². The number of fused-ring (bicyclic) bond motifs is 1. The number of pyridine rings is 1. The molecular weight excluding hydrogens is 304 g/mol. The Morgan fingerprint density at radius 2 is 2.09 bits per heavy atom. The third-order valence-corrected chi connectivity index (χ3v) is 3.44. The van der Waals surface area contributed by atoms with Crippen molar-refractivity contribution in [1.29, 1.82) is 0 Å². The molecule has 0 N–H and O–H groups in total. The highest BCUT2D eigenvalue weighted by molar-refractivity contribution is 6.32. The van der Waals surface area contributed by atoms with E-state index < -0.39 is 11.5 Å². The van der Waals surface area contributed by atoms with Crippen molar-refractivity contribution in [2.75, 3.05) is 0 Å². The van der Waals surface area contributed by atoms with Crippen molar-refractivity contribution in [2.24, 2.45) is 0 Å². The molecule has 0 fully saturated rings. The lowest BCUT2D eigenvalue weighted by molar-refractivity contribution is 0.0732. The van der Waals surface area contributed by atoms with Crippen LogP contribution < -0.4 is 10.3 Å². The minimum Gasteiger partial charge on any atom is -0.421 e. The van der Waals surface area contributed by atoms with Crippen LogP contribution in [-0.4, -0.2) is 15.4 Å². The van der Waals surface area contributed by atoms with Crippen LogP contribution in [0.4, 0.5) is 0 Å². The van der Waals surface area contributed by atoms with Gasteiger partial charge in [-0.3, -0.25) is 9.20 Å². The lowest BCUT2D eigenvalue weighted by Crippen LogP contribution is -2.25. The average molecular weight is 315 g/mol. The number of hydrogen-bond donors (Lipinski definition) is 0. The third-order valence-electron chi connectivity index (χ3n) is 3.12. The van der Waals surface area contributed by atoms with Crippen molar-refractivity contribution in [3.05, 3.63) is 75.3 Å². The van der Waals surface area contributed by atoms with Gasteiger partial charge in [-0.1, -0.05) is 23.7 Å². The molecule has 3 aromatic rings. The Morgan fingerprint density at radius 1 is 1.27 bits per heavy atom. The molecule has 0 amide bonds. The zero-order valence-corrected chi connectivity index (χ0v) is 12.4. The fourth-order valence-electron chi connectivity index (χ4n) is 2.01. The monoisotopic (exact) mass is 314 g/mol. The molecule has 1 aromatic carbocycles. The molecule has 0 aliphatic rings. The van der Waals surface area contributed by atoms with Gasteiger partial charge in [-0.15, -0.1) is 0 Å². The van der Waals surface area contributed by atoms with Crippen molar-refractivity contribution in [1.82, 2.24) is 9.38 Å². The minimum atomic E-state index is -0.789. The van der Waals surface area contributed by atoms with Crippen LogP contribution in [0.5, 0.6) is 5.75 Å². The normalized spacial score (nSPS) is 10.6. The number of esters is 1. The molecule has 2 aromatic heterocycles. The third kappa shape index (κ3) is 2.58. The Hall–Kier alpha value is -2.66. The summed E-state index contributed by atoms with van der Waals surface area (Å²) in [5, 5.41) is 0.299. The highest BCUT2D eigenvalue weighted by Gasteiger charge is 2.17. The average Bonchev–Trinajstić information content (AvgIpc) is 2.51. The second-order valence-electron chi connectivity index (χ2n) is 4.73. The number of carbonyl (C=O) groups excluding carboxylic acids is 1. The first kappa shape index (κ1) is 14.3. The van der Waals surface area contributed by atoms with E-state index in [0.29, 0.717) is 10.7 Å². The summed E-state index contributed by atoms with van der Waals surface area (Å²) >= 11 is 5.99. The van der Waals surface area contributed by atoms with Crippen LogP contribution in [0, 0.1) is 6.92 Å². The zero-order valence-electron chi connectivity index (χ0n) is 11.6. The van der Waals surface area contributed by atoms with Crippen molar-refractivity contribution in [2.45, 2.75) is 6.92 Å². The summed E-state index contributed by atoms with van der Waals surface area (Å²) in [4.78, 5) is 28.6. The van der Waals surface area contributed by atoms with E-state index in [9.17, 15) is 9.59 Å². The molecule has 22 heavy (non-hydrogen) atoms. The van der Waals surface area contributed by atoms with Gasteiger partial charge in [0.1, 0.15) is 17.0 Å². The van der Waals surface area contributed by atoms with E-state index in [2.05, 4.69) is 4.98 Å². The highest BCUT2D eigenvalue weighted by atomic mass is 35.5. The lowest BCUT2D eigenvalue weighted by atomic mass is 10.2. The number of ether oxygens (including phenoxy) is 1. The van der Waals surface area contributed by atoms with Gasteiger partial charge in [-0.2, -0.15) is 0 Å². The Balaban J connectivity index is 2.01. The van der Waals surface area contributed by atoms with Crippen LogP contribution >= 0.6 is 11.6 Å². The number of aromatic nitrogens is 2. The maximum atomic E-state index is 12.3. The lowest BCUT2D eigenvalue weighted by Gasteiger charge is -2.07. The number of nitrogens with zero attached hydrogens (tertiary/aromatic N) is 2. The molecule has 0 radical (unpaired) electrons. The molecule has 3 rings (SSSR count). The summed E-state index contributed by atoms with van der Waals surface area (Å²) in [6.07, 6.45) is 2.75. The highest BCUT2D eigenvalue weighted by Crippen LogP contribution is 2.25. The van der Waals surface area contributed by atoms with Crippen LogP contribution in [0.1, 0.15) is 15.9 Å². The second kappa shape index (κ2) is 5.61. The van der Waals surface area contributed by atoms with Gasteiger partial charge in [-0.25, -0.2) is 9.78 Å². The van der Waals surface area contributed by atoms with Gasteiger partial charge in [0.25, 0.3) is 5.56 Å². The van der Waals surface area contributed by atoms with E-state index in [1.54, 1.807) is 42.6 Å². The molecule has 0 aliphatic carbocycles. The minimum absolute atomic E-state index is 0.152. The van der Waals surface area contributed by atoms with E-state index in [4.69, 9.17) is 16.3 Å². The first-order valence-corrected chi connectivity index (χ1v) is 6.89. The Kier molecular flexibility index (Phi) is 3.65. The summed E-state index contributed by atoms with van der Waals surface area (Å²) in [5.74, 6) is -0.576. The maximum absolute atomic E-state index is 12.3. The van der Waals surface area contributed by atoms with Crippen LogP contribution in [0.25, 0.3) is 5.65 Å². The SMILES string of the molecule is Cc1ccc(Cl)c(OC(=O)c2cnc3ccccn3c2=O)c1. The molecule has 6 heteroatoms. The number of hydrogen-bond acceptors (Lipinski definition) is 4. The fraction of sp³-hybridized carbons (Fsp3) is 0.0625. The van der Waals surface area contributed by atoms with E-state index in [0.717, 1.165) is 5.56 Å². The molecule has 0 atom stereocenters. The molecule has 2 heterocycles. The number of benzene rings is 1. The van der Waals surface area contributed by atoms with Gasteiger partial charge < -0.3 is 4.74 Å². The van der Waals surface area contributed by atoms with Crippen LogP contribution in [0.15, 0.2) is 53.6 Å². The van der Waals surface area contributed by atoms with E-state index in [1.165, 1.54) is 10.6 Å². The second-order valence-corrected chi connectivity index (χ2v) is 5.14. The summed E-state index contributed by atoms with van der Waals surface area (Å²) in [6.45, 7) is 1.85. The smallest absolute Gasteiger partial charge is 0.350 e. The first-order chi connectivity index (χ1) is 10.6. The van der Waals surface area contributed by atoms with Gasteiger partial charge in [-0.05, 0) is 36.8 Å². The van der Waals surface area contributed by atoms with Gasteiger partial charge >= 0.3 is 5.97 Å². The first-order valence-electron chi connectivity index (χ1n) is 6.51. The van der Waals surface area contributed by atoms with Crippen LogP contribution in [0.3, 0.4) is 0 Å². The molecule has 0 saturated heterocycles. The molecule has 110 valence electrons. The number of rotatable bonds is 2. The van der Waals surface area contributed by atoms with Crippen LogP contribution in [0.2, 0.25) is 5.02 Å². The van der Waals surface area contributed by atoms with Crippen LogP contribution in [-0.2, 0) is 0 Å². The van der Waals surface area contributed by atoms with Crippen molar-refractivity contribution >= 4 is 23.2 Å². The molecule has 0 bridgehead atoms. The van der Waals surface area contributed by atoms with Gasteiger partial charge in [0.05, 0.1) is 5.02 Å². The fourth-order valence-corrected chi connectivity index (χ4v) is 2.17. The van der Waals surface area contributed by atoms with E-state index >= 15 is 0 Å². The van der Waals surface area contributed by atoms with Gasteiger partial charge in [0.2, 0.25) is 0 Å². The van der Waals surface area contributed by atoms with Gasteiger partial charge in [0, 0.05) is 12.4 Å². The summed E-state index contributed by atoms with van der Waals surface area (Å²) in [7, 11) is 0. The number of aryl methyl sites for hydroxylation is 1. The van der Waals surface area contributed by atoms with Crippen molar-refractivity contribution < 1.29 is 9.53 Å². The molecule has 5 nitrogen and oxygen atoms in total. The largest absolute Gasteiger partial charge is 0.421 e. The summed E-state index contributed by atoms with van der Waals surface area (Å²) < 4.78 is 6.50. The zero-order chi connectivity index (χ0) is 15.7. The molecule has 0 unspecified atom stereocenters. The maximum Gasteiger partial charge on any atom is 0.350 e. The Bertz CT molecular complexity index is 934.